The zero-order valence-electron chi connectivity index (χ0n) is 16.1. The van der Waals surface area contributed by atoms with Crippen LogP contribution in [-0.2, 0) is 17.2 Å². The Kier molecular flexibility index (Phi) is 7.94. The molecule has 1 aromatic rings. The molecule has 0 aliphatic heterocycles. The Hall–Kier alpha value is -1.36. The average molecular weight is 364 g/mol. The number of nitrogens with zero attached hydrogens (tertiary/aromatic N) is 1. The molecule has 0 aromatic heterocycles. The van der Waals surface area contributed by atoms with Crippen molar-refractivity contribution in [2.75, 3.05) is 19.3 Å². The van der Waals surface area contributed by atoms with Crippen LogP contribution in [0.1, 0.15) is 49.3 Å². The van der Waals surface area contributed by atoms with E-state index < -0.39 is 10.8 Å². The highest BCUT2D eigenvalue weighted by atomic mass is 32.2. The van der Waals surface area contributed by atoms with Gasteiger partial charge in [0.1, 0.15) is 0 Å². The van der Waals surface area contributed by atoms with E-state index in [0.29, 0.717) is 11.3 Å². The van der Waals surface area contributed by atoms with Gasteiger partial charge in [-0.3, -0.25) is 9.20 Å². The van der Waals surface area contributed by atoms with Crippen molar-refractivity contribution in [3.63, 3.8) is 0 Å². The number of nitrogens with one attached hydrogen (secondary N) is 2. The predicted octanol–water partition coefficient (Wildman–Crippen LogP) is 3.09. The van der Waals surface area contributed by atoms with E-state index in [0.717, 1.165) is 50.4 Å². The quantitative estimate of drug-likeness (QED) is 0.603. The van der Waals surface area contributed by atoms with Gasteiger partial charge in [0.15, 0.2) is 5.96 Å². The van der Waals surface area contributed by atoms with E-state index in [2.05, 4.69) is 47.7 Å². The summed E-state index contributed by atoms with van der Waals surface area (Å²) in [5, 5.41) is 7.29. The summed E-state index contributed by atoms with van der Waals surface area (Å²) in [7, 11) is 1.13. The molecule has 0 bridgehead atoms. The summed E-state index contributed by atoms with van der Waals surface area (Å²) in [5.41, 5.74) is 3.99. The molecule has 1 aromatic carbocycles. The van der Waals surface area contributed by atoms with Gasteiger partial charge in [0.2, 0.25) is 0 Å². The lowest BCUT2D eigenvalue weighted by atomic mass is 9.95. The molecule has 1 saturated carbocycles. The highest BCUT2D eigenvalue weighted by molar-refractivity contribution is 7.85. The van der Waals surface area contributed by atoms with Crippen molar-refractivity contribution in [2.45, 2.75) is 64.2 Å². The van der Waals surface area contributed by atoms with Gasteiger partial charge in [0.25, 0.3) is 0 Å². The summed E-state index contributed by atoms with van der Waals surface area (Å²) in [6.45, 7) is 7.16. The van der Waals surface area contributed by atoms with Crippen LogP contribution >= 0.6 is 0 Å². The molecule has 2 rings (SSSR count). The van der Waals surface area contributed by atoms with Crippen LogP contribution in [-0.4, -0.2) is 40.8 Å². The Morgan fingerprint density at radius 1 is 1.24 bits per heavy atom. The van der Waals surface area contributed by atoms with Crippen LogP contribution in [0.5, 0.6) is 0 Å². The molecule has 25 heavy (non-hydrogen) atoms. The topological polar surface area (TPSA) is 53.5 Å². The van der Waals surface area contributed by atoms with Gasteiger partial charge in [-0.1, -0.05) is 42.7 Å². The van der Waals surface area contributed by atoms with E-state index in [1.807, 2.05) is 14.0 Å². The van der Waals surface area contributed by atoms with Crippen LogP contribution in [0.3, 0.4) is 0 Å². The van der Waals surface area contributed by atoms with Crippen LogP contribution in [0, 0.1) is 13.8 Å². The van der Waals surface area contributed by atoms with E-state index in [9.17, 15) is 4.21 Å². The van der Waals surface area contributed by atoms with Gasteiger partial charge in [-0.05, 0) is 45.1 Å². The number of guanidine groups is 1. The Bertz CT molecular complexity index is 595. The van der Waals surface area contributed by atoms with Gasteiger partial charge >= 0.3 is 0 Å². The van der Waals surface area contributed by atoms with Gasteiger partial charge in [0.05, 0.1) is 0 Å². The van der Waals surface area contributed by atoms with Crippen molar-refractivity contribution in [2.24, 2.45) is 4.99 Å². The predicted molar refractivity (Wildman–Crippen MR) is 109 cm³/mol. The van der Waals surface area contributed by atoms with Gasteiger partial charge in [-0.15, -0.1) is 0 Å². The molecule has 0 spiro atoms. The average Bonchev–Trinajstić information content (AvgIpc) is 2.59. The van der Waals surface area contributed by atoms with E-state index in [4.69, 9.17) is 0 Å². The van der Waals surface area contributed by atoms with Gasteiger partial charge < -0.3 is 10.6 Å². The van der Waals surface area contributed by atoms with Crippen LogP contribution in [0.4, 0.5) is 0 Å². The van der Waals surface area contributed by atoms with E-state index in [1.165, 1.54) is 16.7 Å². The number of hydrogen-bond donors (Lipinski definition) is 2. The first kappa shape index (κ1) is 20.0. The van der Waals surface area contributed by atoms with Crippen LogP contribution < -0.4 is 10.6 Å². The molecule has 1 aliphatic rings. The Morgan fingerprint density at radius 2 is 1.96 bits per heavy atom. The number of benzene rings is 1. The van der Waals surface area contributed by atoms with Gasteiger partial charge in [-0.2, -0.15) is 0 Å². The Morgan fingerprint density at radius 3 is 2.60 bits per heavy atom. The third-order valence-electron chi connectivity index (χ3n) is 4.83. The lowest BCUT2D eigenvalue weighted by Gasteiger charge is -2.30. The van der Waals surface area contributed by atoms with Crippen molar-refractivity contribution in [1.29, 1.82) is 0 Å². The monoisotopic (exact) mass is 363 g/mol. The normalized spacial score (nSPS) is 22.5. The molecule has 3 unspecified atom stereocenters. The number of hydrogen-bond acceptors (Lipinski definition) is 2. The fourth-order valence-electron chi connectivity index (χ4n) is 3.68. The highest BCUT2D eigenvalue weighted by Crippen LogP contribution is 2.22. The van der Waals surface area contributed by atoms with Gasteiger partial charge in [-0.25, -0.2) is 0 Å². The number of aryl methyl sites for hydroxylation is 2. The number of aliphatic imine (C=N–C) groups is 1. The van der Waals surface area contributed by atoms with Crippen molar-refractivity contribution >= 4 is 16.8 Å². The Labute approximate surface area is 155 Å². The summed E-state index contributed by atoms with van der Waals surface area (Å²) in [5.74, 6) is 1.62. The van der Waals surface area contributed by atoms with Crippen LogP contribution in [0.25, 0.3) is 0 Å². The molecule has 0 saturated heterocycles. The molecule has 1 aliphatic carbocycles. The fourth-order valence-corrected chi connectivity index (χ4v) is 5.02. The molecule has 5 heteroatoms. The zero-order chi connectivity index (χ0) is 18.2. The van der Waals surface area contributed by atoms with Gasteiger partial charge in [0, 0.05) is 41.4 Å². The first-order valence-electron chi connectivity index (χ1n) is 9.43. The standard InChI is InChI=1S/C20H33N3OS/c1-5-25(24)19-8-6-7-18(14-19)23-20(21-4)22-10-9-17-12-15(2)11-16(3)13-17/h11-13,18-19H,5-10,14H2,1-4H3,(H2,21,22,23). The van der Waals surface area contributed by atoms with Crippen molar-refractivity contribution in [3.05, 3.63) is 34.9 Å². The maximum atomic E-state index is 12.1. The minimum absolute atomic E-state index is 0.338. The fraction of sp³-hybridized carbons (Fsp3) is 0.650. The molecule has 0 radical (unpaired) electrons. The molecular formula is C20H33N3OS. The second-order valence-corrected chi connectivity index (χ2v) is 9.05. The molecule has 0 heterocycles. The largest absolute Gasteiger partial charge is 0.356 e. The first-order valence-corrected chi connectivity index (χ1v) is 10.8. The minimum atomic E-state index is -0.686. The molecule has 0 amide bonds. The van der Waals surface area contributed by atoms with Crippen LogP contribution in [0.2, 0.25) is 0 Å². The second kappa shape index (κ2) is 9.95. The first-order chi connectivity index (χ1) is 12.0. The SMILES string of the molecule is CCS(=O)C1CCCC(NC(=NC)NCCc2cc(C)cc(C)c2)C1. The Balaban J connectivity index is 1.81. The van der Waals surface area contributed by atoms with E-state index >= 15 is 0 Å². The maximum absolute atomic E-state index is 12.1. The zero-order valence-corrected chi connectivity index (χ0v) is 16.9. The van der Waals surface area contributed by atoms with Crippen molar-refractivity contribution < 1.29 is 4.21 Å². The lowest BCUT2D eigenvalue weighted by molar-refractivity contribution is 0.413. The molecule has 140 valence electrons. The number of rotatable bonds is 6. The summed E-state index contributed by atoms with van der Waals surface area (Å²) in [6.07, 6.45) is 5.34. The highest BCUT2D eigenvalue weighted by Gasteiger charge is 2.25. The second-order valence-electron chi connectivity index (χ2n) is 7.04. The molecule has 1 fully saturated rings. The molecule has 3 atom stereocenters. The summed E-state index contributed by atoms with van der Waals surface area (Å²) in [6, 6.07) is 7.08. The summed E-state index contributed by atoms with van der Waals surface area (Å²) < 4.78 is 12.1. The maximum Gasteiger partial charge on any atom is 0.191 e. The van der Waals surface area contributed by atoms with E-state index in [1.54, 1.807) is 0 Å². The summed E-state index contributed by atoms with van der Waals surface area (Å²) >= 11 is 0. The van der Waals surface area contributed by atoms with Crippen molar-refractivity contribution in [3.8, 4) is 0 Å². The van der Waals surface area contributed by atoms with Crippen LogP contribution in [0.15, 0.2) is 23.2 Å². The summed E-state index contributed by atoms with van der Waals surface area (Å²) in [4.78, 5) is 4.36. The smallest absolute Gasteiger partial charge is 0.191 e. The minimum Gasteiger partial charge on any atom is -0.356 e. The lowest BCUT2D eigenvalue weighted by Crippen LogP contribution is -2.47. The van der Waals surface area contributed by atoms with E-state index in [-0.39, 0.29) is 0 Å². The third-order valence-corrected chi connectivity index (χ3v) is 6.58. The molecular weight excluding hydrogens is 330 g/mol. The third kappa shape index (κ3) is 6.46. The molecule has 4 nitrogen and oxygen atoms in total. The van der Waals surface area contributed by atoms with Crippen molar-refractivity contribution in [1.82, 2.24) is 10.6 Å². The molecule has 2 N–H and O–H groups in total.